The Balaban J connectivity index is 0.916. The van der Waals surface area contributed by atoms with Gasteiger partial charge in [-0.3, -0.25) is 0 Å². The second-order valence-electron chi connectivity index (χ2n) is 13.4. The molecule has 0 unspecified atom stereocenters. The number of hydrogen-bond acceptors (Lipinski definition) is 2. The Labute approximate surface area is 325 Å². The van der Waals surface area contributed by atoms with Crippen LogP contribution in [-0.4, -0.2) is 0 Å². The van der Waals surface area contributed by atoms with Crippen molar-refractivity contribution in [2.24, 2.45) is 0 Å². The van der Waals surface area contributed by atoms with Crippen molar-refractivity contribution in [3.05, 3.63) is 252 Å². The zero-order valence-electron chi connectivity index (χ0n) is 30.7. The van der Waals surface area contributed by atoms with E-state index in [2.05, 4.69) is 253 Å². The minimum absolute atomic E-state index is 0.891. The van der Waals surface area contributed by atoms with Crippen LogP contribution in [0.2, 0.25) is 0 Å². The molecular formula is C53H42N2. The van der Waals surface area contributed by atoms with E-state index in [1.54, 1.807) is 0 Å². The van der Waals surface area contributed by atoms with Gasteiger partial charge in [0.05, 0.1) is 0 Å². The minimum Gasteiger partial charge on any atom is -0.311 e. The summed E-state index contributed by atoms with van der Waals surface area (Å²) in [5.74, 6) is 0. The molecule has 0 heterocycles. The van der Waals surface area contributed by atoms with Crippen LogP contribution in [0.3, 0.4) is 0 Å². The molecule has 0 fully saturated rings. The van der Waals surface area contributed by atoms with Crippen molar-refractivity contribution in [3.8, 4) is 0 Å². The van der Waals surface area contributed by atoms with E-state index in [1.165, 1.54) is 22.3 Å². The van der Waals surface area contributed by atoms with Gasteiger partial charge < -0.3 is 9.80 Å². The molecule has 0 saturated heterocycles. The Hall–Kier alpha value is -7.16. The van der Waals surface area contributed by atoms with Crippen LogP contribution in [0.1, 0.15) is 28.7 Å². The zero-order chi connectivity index (χ0) is 37.1. The Morgan fingerprint density at radius 2 is 0.673 bits per heavy atom. The summed E-state index contributed by atoms with van der Waals surface area (Å²) >= 11 is 0. The Bertz CT molecular complexity index is 2360. The molecule has 0 N–H and O–H groups in total. The van der Waals surface area contributed by atoms with Crippen LogP contribution >= 0.6 is 0 Å². The van der Waals surface area contributed by atoms with Gasteiger partial charge in [-0.15, -0.1) is 0 Å². The summed E-state index contributed by atoms with van der Waals surface area (Å²) < 4.78 is 0. The lowest BCUT2D eigenvalue weighted by Crippen LogP contribution is -2.09. The van der Waals surface area contributed by atoms with E-state index in [-0.39, 0.29) is 0 Å². The minimum atomic E-state index is 0.891. The average Bonchev–Trinajstić information content (AvgIpc) is 3.51. The van der Waals surface area contributed by atoms with Crippen molar-refractivity contribution in [2.75, 3.05) is 9.80 Å². The summed E-state index contributed by atoms with van der Waals surface area (Å²) in [6.07, 6.45) is 18.6. The summed E-state index contributed by atoms with van der Waals surface area (Å²) in [5, 5.41) is 0. The van der Waals surface area contributed by atoms with Crippen LogP contribution in [-0.2, 0) is 0 Å². The van der Waals surface area contributed by atoms with E-state index >= 15 is 0 Å². The van der Waals surface area contributed by atoms with Crippen molar-refractivity contribution in [1.29, 1.82) is 0 Å². The second kappa shape index (κ2) is 17.1. The van der Waals surface area contributed by atoms with Crippen molar-refractivity contribution in [1.82, 2.24) is 0 Å². The molecule has 264 valence electrons. The van der Waals surface area contributed by atoms with Gasteiger partial charge in [-0.05, 0) is 113 Å². The predicted octanol–water partition coefficient (Wildman–Crippen LogP) is 14.8. The molecule has 1 aliphatic carbocycles. The molecule has 0 bridgehead atoms. The Morgan fingerprint density at radius 1 is 0.327 bits per heavy atom. The molecule has 0 atom stereocenters. The SMILES string of the molecule is C1=CC(/C=C/c2ccc(N(c3ccccc3)c3ccccc3)cc2)=CC=C(c2ccc(/C=C/c3ccc(N(c4ccccc4)c4ccccc4)cc3)cc2)C1. The molecular weight excluding hydrogens is 665 g/mol. The van der Waals surface area contributed by atoms with Crippen LogP contribution < -0.4 is 9.80 Å². The van der Waals surface area contributed by atoms with Crippen molar-refractivity contribution in [2.45, 2.75) is 6.42 Å². The lowest BCUT2D eigenvalue weighted by atomic mass is 10.0. The quantitative estimate of drug-likeness (QED) is 0.124. The van der Waals surface area contributed by atoms with Gasteiger partial charge in [-0.25, -0.2) is 0 Å². The monoisotopic (exact) mass is 706 g/mol. The first kappa shape index (κ1) is 34.9. The molecule has 7 aromatic rings. The molecule has 0 aliphatic heterocycles. The van der Waals surface area contributed by atoms with Crippen molar-refractivity contribution < 1.29 is 0 Å². The van der Waals surface area contributed by atoms with Gasteiger partial charge in [-0.2, -0.15) is 0 Å². The summed E-state index contributed by atoms with van der Waals surface area (Å²) in [5.41, 5.74) is 14.0. The zero-order valence-corrected chi connectivity index (χ0v) is 30.7. The lowest BCUT2D eigenvalue weighted by molar-refractivity contribution is 1.28. The molecule has 55 heavy (non-hydrogen) atoms. The van der Waals surface area contributed by atoms with Gasteiger partial charge in [0.2, 0.25) is 0 Å². The lowest BCUT2D eigenvalue weighted by Gasteiger charge is -2.25. The maximum atomic E-state index is 2.28. The normalized spacial score (nSPS) is 12.7. The third-order valence-electron chi connectivity index (χ3n) is 9.70. The molecule has 0 radical (unpaired) electrons. The fraction of sp³-hybridized carbons (Fsp3) is 0.0189. The van der Waals surface area contributed by atoms with Gasteiger partial charge in [0, 0.05) is 34.1 Å². The number of para-hydroxylation sites is 4. The van der Waals surface area contributed by atoms with E-state index in [9.17, 15) is 0 Å². The Kier molecular flexibility index (Phi) is 10.9. The van der Waals surface area contributed by atoms with Crippen LogP contribution in [0.4, 0.5) is 34.1 Å². The van der Waals surface area contributed by atoms with Gasteiger partial charge in [0.1, 0.15) is 0 Å². The number of anilines is 6. The van der Waals surface area contributed by atoms with Crippen LogP contribution in [0.5, 0.6) is 0 Å². The van der Waals surface area contributed by atoms with Crippen LogP contribution in [0.25, 0.3) is 23.8 Å². The largest absolute Gasteiger partial charge is 0.311 e. The van der Waals surface area contributed by atoms with Gasteiger partial charge >= 0.3 is 0 Å². The van der Waals surface area contributed by atoms with Gasteiger partial charge in [0.15, 0.2) is 0 Å². The number of rotatable bonds is 11. The number of hydrogen-bond donors (Lipinski definition) is 0. The molecule has 2 nitrogen and oxygen atoms in total. The van der Waals surface area contributed by atoms with Crippen molar-refractivity contribution >= 4 is 57.9 Å². The standard InChI is InChI=1S/C53H42N2/c1-5-16-48(17-6-1)54(49-18-7-2-8-19-49)52-38-31-44(32-39-52)25-24-42-14-13-15-46(35-28-42)47-36-29-43(30-37-47)26-27-45-33-40-53(41-34-45)55(50-20-9-3-10-21-50)51-22-11-4-12-23-51/h1-14,16-41H,15H2/b25-24+,27-26+. The molecule has 0 amide bonds. The predicted molar refractivity (Wildman–Crippen MR) is 236 cm³/mol. The third-order valence-corrected chi connectivity index (χ3v) is 9.70. The smallest absolute Gasteiger partial charge is 0.0462 e. The highest BCUT2D eigenvalue weighted by Gasteiger charge is 2.13. The highest BCUT2D eigenvalue weighted by Crippen LogP contribution is 2.36. The van der Waals surface area contributed by atoms with Crippen LogP contribution in [0.15, 0.2) is 230 Å². The number of allylic oxidation sites excluding steroid dienone is 7. The molecule has 2 heteroatoms. The maximum absolute atomic E-state index is 2.28. The van der Waals surface area contributed by atoms with E-state index in [1.807, 2.05) is 0 Å². The summed E-state index contributed by atoms with van der Waals surface area (Å²) in [6.45, 7) is 0. The Morgan fingerprint density at radius 3 is 1.07 bits per heavy atom. The number of benzene rings is 7. The van der Waals surface area contributed by atoms with E-state index in [0.717, 1.165) is 51.7 Å². The average molecular weight is 707 g/mol. The first-order valence-electron chi connectivity index (χ1n) is 18.8. The maximum Gasteiger partial charge on any atom is 0.0462 e. The van der Waals surface area contributed by atoms with E-state index < -0.39 is 0 Å². The topological polar surface area (TPSA) is 6.48 Å². The molecule has 8 rings (SSSR count). The highest BCUT2D eigenvalue weighted by atomic mass is 15.1. The highest BCUT2D eigenvalue weighted by molar-refractivity contribution is 5.80. The first-order valence-corrected chi connectivity index (χ1v) is 18.8. The molecule has 1 aliphatic rings. The fourth-order valence-corrected chi connectivity index (χ4v) is 6.83. The van der Waals surface area contributed by atoms with E-state index in [4.69, 9.17) is 0 Å². The van der Waals surface area contributed by atoms with Crippen molar-refractivity contribution in [3.63, 3.8) is 0 Å². The summed E-state index contributed by atoms with van der Waals surface area (Å²) in [7, 11) is 0. The molecule has 0 aromatic heterocycles. The molecule has 0 spiro atoms. The molecule has 7 aromatic carbocycles. The van der Waals surface area contributed by atoms with Gasteiger partial charge in [0.25, 0.3) is 0 Å². The second-order valence-corrected chi connectivity index (χ2v) is 13.4. The van der Waals surface area contributed by atoms with Gasteiger partial charge in [-0.1, -0.05) is 170 Å². The van der Waals surface area contributed by atoms with E-state index in [0.29, 0.717) is 0 Å². The summed E-state index contributed by atoms with van der Waals surface area (Å²) in [4.78, 5) is 4.56. The first-order chi connectivity index (χ1) is 27.3. The summed E-state index contributed by atoms with van der Waals surface area (Å²) in [6, 6.07) is 68.4. The fourth-order valence-electron chi connectivity index (χ4n) is 6.83. The molecule has 0 saturated carbocycles. The third kappa shape index (κ3) is 8.73. The number of nitrogens with zero attached hydrogens (tertiary/aromatic N) is 2. The van der Waals surface area contributed by atoms with Crippen LogP contribution in [0, 0.1) is 0 Å².